The van der Waals surface area contributed by atoms with E-state index in [1.54, 1.807) is 12.1 Å². The summed E-state index contributed by atoms with van der Waals surface area (Å²) in [4.78, 5) is 0.296. The maximum Gasteiger partial charge on any atom is 0.240 e. The molecule has 0 heterocycles. The molecular weight excluding hydrogens is 322 g/mol. The van der Waals surface area contributed by atoms with E-state index >= 15 is 0 Å². The van der Waals surface area contributed by atoms with Gasteiger partial charge in [0.2, 0.25) is 10.0 Å². The van der Waals surface area contributed by atoms with E-state index in [-0.39, 0.29) is 0 Å². The lowest BCUT2D eigenvalue weighted by atomic mass is 10.0. The Morgan fingerprint density at radius 1 is 1.04 bits per heavy atom. The van der Waals surface area contributed by atoms with Gasteiger partial charge in [-0.15, -0.1) is 0 Å². The molecule has 0 unspecified atom stereocenters. The third-order valence-corrected chi connectivity index (χ3v) is 5.29. The van der Waals surface area contributed by atoms with Crippen molar-refractivity contribution in [2.75, 3.05) is 13.2 Å². The lowest BCUT2D eigenvalue weighted by Gasteiger charge is -2.11. The van der Waals surface area contributed by atoms with Crippen LogP contribution in [0.15, 0.2) is 53.4 Å². The molecule has 130 valence electrons. The van der Waals surface area contributed by atoms with Crippen molar-refractivity contribution >= 4 is 10.0 Å². The molecule has 0 aliphatic rings. The molecule has 0 aliphatic carbocycles. The highest BCUT2D eigenvalue weighted by Gasteiger charge is 2.14. The van der Waals surface area contributed by atoms with Crippen LogP contribution in [0, 0.1) is 0 Å². The number of rotatable bonds is 8. The quantitative estimate of drug-likeness (QED) is 0.791. The van der Waals surface area contributed by atoms with Crippen LogP contribution in [-0.4, -0.2) is 21.6 Å². The summed E-state index contributed by atoms with van der Waals surface area (Å²) in [6, 6.07) is 14.7. The molecule has 0 atom stereocenters. The Balaban J connectivity index is 2.00. The van der Waals surface area contributed by atoms with Crippen LogP contribution in [0.4, 0.5) is 0 Å². The molecule has 1 N–H and O–H groups in total. The van der Waals surface area contributed by atoms with Gasteiger partial charge in [-0.25, -0.2) is 13.1 Å². The topological polar surface area (TPSA) is 55.4 Å². The van der Waals surface area contributed by atoms with Crippen LogP contribution in [-0.2, 0) is 16.4 Å². The highest BCUT2D eigenvalue weighted by atomic mass is 32.2. The summed E-state index contributed by atoms with van der Waals surface area (Å²) in [6.45, 7) is 7.01. The molecule has 0 bridgehead atoms. The SMILES string of the molecule is CCOc1ccccc1CCNS(=O)(=O)c1ccc(C(C)C)cc1. The van der Waals surface area contributed by atoms with Crippen molar-refractivity contribution in [1.82, 2.24) is 4.72 Å². The first-order chi connectivity index (χ1) is 11.4. The first kappa shape index (κ1) is 18.5. The van der Waals surface area contributed by atoms with Crippen LogP contribution < -0.4 is 9.46 Å². The second kappa shape index (κ2) is 8.31. The second-order valence-corrected chi connectivity index (χ2v) is 7.68. The van der Waals surface area contributed by atoms with E-state index in [2.05, 4.69) is 18.6 Å². The van der Waals surface area contributed by atoms with Crippen molar-refractivity contribution in [3.63, 3.8) is 0 Å². The van der Waals surface area contributed by atoms with Gasteiger partial charge in [-0.2, -0.15) is 0 Å². The molecule has 24 heavy (non-hydrogen) atoms. The Kier molecular flexibility index (Phi) is 6.40. The molecule has 0 saturated carbocycles. The predicted octanol–water partition coefficient (Wildman–Crippen LogP) is 3.73. The van der Waals surface area contributed by atoms with Crippen LogP contribution in [0.5, 0.6) is 5.75 Å². The Hall–Kier alpha value is -1.85. The fourth-order valence-electron chi connectivity index (χ4n) is 2.44. The van der Waals surface area contributed by atoms with Gasteiger partial charge in [0.1, 0.15) is 5.75 Å². The maximum absolute atomic E-state index is 12.4. The van der Waals surface area contributed by atoms with Crippen LogP contribution in [0.2, 0.25) is 0 Å². The highest BCUT2D eigenvalue weighted by Crippen LogP contribution is 2.19. The molecule has 2 aromatic carbocycles. The highest BCUT2D eigenvalue weighted by molar-refractivity contribution is 7.89. The van der Waals surface area contributed by atoms with E-state index in [0.29, 0.717) is 30.4 Å². The summed E-state index contributed by atoms with van der Waals surface area (Å²) < 4.78 is 33.0. The zero-order valence-electron chi connectivity index (χ0n) is 14.5. The fraction of sp³-hybridized carbons (Fsp3) is 0.368. The van der Waals surface area contributed by atoms with E-state index in [1.807, 2.05) is 43.3 Å². The molecule has 0 radical (unpaired) electrons. The lowest BCUT2D eigenvalue weighted by molar-refractivity contribution is 0.336. The summed E-state index contributed by atoms with van der Waals surface area (Å²) in [6.07, 6.45) is 0.583. The van der Waals surface area contributed by atoms with Gasteiger partial charge in [0.05, 0.1) is 11.5 Å². The third kappa shape index (κ3) is 4.82. The monoisotopic (exact) mass is 347 g/mol. The van der Waals surface area contributed by atoms with E-state index in [9.17, 15) is 8.42 Å². The Morgan fingerprint density at radius 3 is 2.33 bits per heavy atom. The predicted molar refractivity (Wildman–Crippen MR) is 97.0 cm³/mol. The number of sulfonamides is 1. The van der Waals surface area contributed by atoms with Gasteiger partial charge in [0.25, 0.3) is 0 Å². The molecule has 4 nitrogen and oxygen atoms in total. The van der Waals surface area contributed by atoms with Crippen molar-refractivity contribution in [3.05, 3.63) is 59.7 Å². The number of hydrogen-bond donors (Lipinski definition) is 1. The van der Waals surface area contributed by atoms with E-state index in [4.69, 9.17) is 4.74 Å². The normalized spacial score (nSPS) is 11.7. The summed E-state index contributed by atoms with van der Waals surface area (Å²) in [5, 5.41) is 0. The van der Waals surface area contributed by atoms with Crippen LogP contribution in [0.25, 0.3) is 0 Å². The Morgan fingerprint density at radius 2 is 1.71 bits per heavy atom. The molecule has 0 fully saturated rings. The minimum atomic E-state index is -3.49. The maximum atomic E-state index is 12.4. The fourth-order valence-corrected chi connectivity index (χ4v) is 3.47. The first-order valence-corrected chi connectivity index (χ1v) is 9.72. The standard InChI is InChI=1S/C19H25NO3S/c1-4-23-19-8-6-5-7-17(19)13-14-20-24(21,22)18-11-9-16(10-12-18)15(2)3/h5-12,15,20H,4,13-14H2,1-3H3. The minimum Gasteiger partial charge on any atom is -0.494 e. The molecule has 2 rings (SSSR count). The zero-order valence-corrected chi connectivity index (χ0v) is 15.3. The molecule has 5 heteroatoms. The lowest BCUT2D eigenvalue weighted by Crippen LogP contribution is -2.26. The van der Waals surface area contributed by atoms with Crippen molar-refractivity contribution in [2.45, 2.75) is 38.0 Å². The van der Waals surface area contributed by atoms with Crippen molar-refractivity contribution in [1.29, 1.82) is 0 Å². The summed E-state index contributed by atoms with van der Waals surface area (Å²) >= 11 is 0. The Bertz CT molecular complexity index is 752. The molecular formula is C19H25NO3S. The molecule has 0 spiro atoms. The van der Waals surface area contributed by atoms with Gasteiger partial charge in [-0.3, -0.25) is 0 Å². The van der Waals surface area contributed by atoms with Gasteiger partial charge in [-0.05, 0) is 48.6 Å². The first-order valence-electron chi connectivity index (χ1n) is 8.24. The smallest absolute Gasteiger partial charge is 0.240 e. The number of nitrogens with one attached hydrogen (secondary N) is 1. The summed E-state index contributed by atoms with van der Waals surface area (Å²) in [7, 11) is -3.49. The van der Waals surface area contributed by atoms with Crippen molar-refractivity contribution in [3.8, 4) is 5.75 Å². The summed E-state index contributed by atoms with van der Waals surface area (Å²) in [5.41, 5.74) is 2.12. The van der Waals surface area contributed by atoms with Crippen LogP contribution in [0.3, 0.4) is 0 Å². The van der Waals surface area contributed by atoms with Gasteiger partial charge in [0, 0.05) is 6.54 Å². The van der Waals surface area contributed by atoms with Gasteiger partial charge < -0.3 is 4.74 Å². The molecule has 0 aliphatic heterocycles. The van der Waals surface area contributed by atoms with Gasteiger partial charge >= 0.3 is 0 Å². The second-order valence-electron chi connectivity index (χ2n) is 5.91. The van der Waals surface area contributed by atoms with Crippen molar-refractivity contribution in [2.24, 2.45) is 0 Å². The molecule has 2 aromatic rings. The molecule has 0 amide bonds. The minimum absolute atomic E-state index is 0.296. The van der Waals surface area contributed by atoms with E-state index in [1.165, 1.54) is 0 Å². The zero-order chi connectivity index (χ0) is 17.6. The number of benzene rings is 2. The number of para-hydroxylation sites is 1. The van der Waals surface area contributed by atoms with Crippen molar-refractivity contribution < 1.29 is 13.2 Å². The number of hydrogen-bond acceptors (Lipinski definition) is 3. The van der Waals surface area contributed by atoms with E-state index in [0.717, 1.165) is 16.9 Å². The number of ether oxygens (including phenoxy) is 1. The molecule has 0 aromatic heterocycles. The van der Waals surface area contributed by atoms with Crippen LogP contribution in [0.1, 0.15) is 37.8 Å². The summed E-state index contributed by atoms with van der Waals surface area (Å²) in [5.74, 6) is 1.19. The average Bonchev–Trinajstić information content (AvgIpc) is 2.56. The van der Waals surface area contributed by atoms with E-state index < -0.39 is 10.0 Å². The molecule has 0 saturated heterocycles. The third-order valence-electron chi connectivity index (χ3n) is 3.82. The van der Waals surface area contributed by atoms with Crippen LogP contribution >= 0.6 is 0 Å². The van der Waals surface area contributed by atoms with Gasteiger partial charge in [-0.1, -0.05) is 44.2 Å². The van der Waals surface area contributed by atoms with Gasteiger partial charge in [0.15, 0.2) is 0 Å². The average molecular weight is 347 g/mol. The Labute approximate surface area is 144 Å². The largest absolute Gasteiger partial charge is 0.494 e.